The molecule has 0 saturated heterocycles. The third kappa shape index (κ3) is 2.62. The van der Waals surface area contributed by atoms with Crippen LogP contribution in [-0.2, 0) is 21.4 Å². The molecule has 9 heteroatoms. The van der Waals surface area contributed by atoms with Crippen molar-refractivity contribution in [1.29, 1.82) is 0 Å². The highest BCUT2D eigenvalue weighted by atomic mass is 32.2. The standard InChI is InChI=1S/C9H14N4O4S/c1-6(14)11-2-7-4-13-9(17-5-7)8(3-12-13)18(10,15)16/h3,7H,2,4-5H2,1H3,(H,11,14)(H2,10,15,16). The summed E-state index contributed by atoms with van der Waals surface area (Å²) in [6.07, 6.45) is 1.17. The van der Waals surface area contributed by atoms with Crippen molar-refractivity contribution in [3.8, 4) is 5.88 Å². The number of carbonyl (C=O) groups is 1. The number of fused-ring (bicyclic) bond motifs is 1. The first kappa shape index (κ1) is 12.8. The quantitative estimate of drug-likeness (QED) is 0.708. The lowest BCUT2D eigenvalue weighted by atomic mass is 10.1. The van der Waals surface area contributed by atoms with Crippen LogP contribution >= 0.6 is 0 Å². The minimum absolute atomic E-state index is 0.0506. The van der Waals surface area contributed by atoms with E-state index in [9.17, 15) is 13.2 Å². The van der Waals surface area contributed by atoms with Crippen LogP contribution in [0.4, 0.5) is 0 Å². The molecule has 0 aliphatic carbocycles. The number of rotatable bonds is 3. The minimum atomic E-state index is -3.82. The maximum atomic E-state index is 11.2. The average molecular weight is 274 g/mol. The van der Waals surface area contributed by atoms with Crippen molar-refractivity contribution in [2.24, 2.45) is 11.1 Å². The van der Waals surface area contributed by atoms with Crippen molar-refractivity contribution >= 4 is 15.9 Å². The number of sulfonamides is 1. The van der Waals surface area contributed by atoms with Crippen LogP contribution in [0, 0.1) is 5.92 Å². The van der Waals surface area contributed by atoms with Gasteiger partial charge in [0.15, 0.2) is 4.90 Å². The fourth-order valence-electron chi connectivity index (χ4n) is 1.73. The fourth-order valence-corrected chi connectivity index (χ4v) is 2.34. The van der Waals surface area contributed by atoms with Gasteiger partial charge < -0.3 is 10.1 Å². The van der Waals surface area contributed by atoms with Crippen molar-refractivity contribution in [1.82, 2.24) is 15.1 Å². The molecule has 0 aromatic carbocycles. The van der Waals surface area contributed by atoms with Crippen LogP contribution in [0.1, 0.15) is 6.92 Å². The number of nitrogens with two attached hydrogens (primary N) is 1. The molecule has 0 spiro atoms. The zero-order valence-electron chi connectivity index (χ0n) is 9.79. The largest absolute Gasteiger partial charge is 0.476 e. The van der Waals surface area contributed by atoms with Crippen LogP contribution in [-0.4, -0.2) is 37.3 Å². The molecule has 2 rings (SSSR count). The summed E-state index contributed by atoms with van der Waals surface area (Å²) in [5.74, 6) is 0.0951. The predicted octanol–water partition coefficient (Wildman–Crippen LogP) is -1.32. The topological polar surface area (TPSA) is 116 Å². The van der Waals surface area contributed by atoms with Gasteiger partial charge in [-0.05, 0) is 0 Å². The summed E-state index contributed by atoms with van der Waals surface area (Å²) in [5, 5.41) is 11.6. The number of nitrogens with one attached hydrogen (secondary N) is 1. The second-order valence-corrected chi connectivity index (χ2v) is 5.69. The van der Waals surface area contributed by atoms with Gasteiger partial charge in [-0.25, -0.2) is 18.2 Å². The van der Waals surface area contributed by atoms with E-state index in [1.165, 1.54) is 17.8 Å². The molecule has 0 fully saturated rings. The normalized spacial score (nSPS) is 18.9. The molecular weight excluding hydrogens is 260 g/mol. The Morgan fingerprint density at radius 3 is 3.06 bits per heavy atom. The van der Waals surface area contributed by atoms with E-state index < -0.39 is 10.0 Å². The molecular formula is C9H14N4O4S. The number of hydrogen-bond donors (Lipinski definition) is 2. The zero-order valence-corrected chi connectivity index (χ0v) is 10.6. The first-order valence-electron chi connectivity index (χ1n) is 5.34. The summed E-state index contributed by atoms with van der Waals surface area (Å²) in [5.41, 5.74) is 0. The lowest BCUT2D eigenvalue weighted by Crippen LogP contribution is -2.36. The number of ether oxygens (including phenoxy) is 1. The molecule has 1 amide bonds. The SMILES string of the molecule is CC(=O)NCC1COc2c(S(N)(=O)=O)cnn2C1. The van der Waals surface area contributed by atoms with Gasteiger partial charge in [0.1, 0.15) is 0 Å². The number of primary sulfonamides is 1. The van der Waals surface area contributed by atoms with Gasteiger partial charge >= 0.3 is 0 Å². The number of hydrogen-bond acceptors (Lipinski definition) is 5. The first-order chi connectivity index (χ1) is 8.38. The van der Waals surface area contributed by atoms with E-state index in [-0.39, 0.29) is 22.6 Å². The predicted molar refractivity (Wildman–Crippen MR) is 61.3 cm³/mol. The average Bonchev–Trinajstić information content (AvgIpc) is 2.68. The molecule has 1 aliphatic heterocycles. The number of amides is 1. The molecule has 1 aliphatic rings. The number of aromatic nitrogens is 2. The molecule has 1 aromatic rings. The Balaban J connectivity index is 2.12. The lowest BCUT2D eigenvalue weighted by Gasteiger charge is -2.24. The number of carbonyl (C=O) groups excluding carboxylic acids is 1. The summed E-state index contributed by atoms with van der Waals surface area (Å²) in [4.78, 5) is 10.7. The van der Waals surface area contributed by atoms with E-state index in [1.807, 2.05) is 0 Å². The van der Waals surface area contributed by atoms with Crippen molar-refractivity contribution in [3.63, 3.8) is 0 Å². The first-order valence-corrected chi connectivity index (χ1v) is 6.88. The number of nitrogens with zero attached hydrogens (tertiary/aromatic N) is 2. The molecule has 8 nitrogen and oxygen atoms in total. The van der Waals surface area contributed by atoms with E-state index >= 15 is 0 Å². The van der Waals surface area contributed by atoms with E-state index in [4.69, 9.17) is 9.88 Å². The Kier molecular flexibility index (Phi) is 3.26. The molecule has 1 aromatic heterocycles. The highest BCUT2D eigenvalue weighted by molar-refractivity contribution is 7.89. The van der Waals surface area contributed by atoms with Crippen LogP contribution in [0.2, 0.25) is 0 Å². The van der Waals surface area contributed by atoms with Gasteiger partial charge in [-0.15, -0.1) is 0 Å². The summed E-state index contributed by atoms with van der Waals surface area (Å²) < 4.78 is 29.3. The Hall–Kier alpha value is -1.61. The van der Waals surface area contributed by atoms with Gasteiger partial charge in [-0.3, -0.25) is 4.79 Å². The van der Waals surface area contributed by atoms with Crippen molar-refractivity contribution in [2.75, 3.05) is 13.2 Å². The van der Waals surface area contributed by atoms with Crippen LogP contribution in [0.5, 0.6) is 5.88 Å². The Labute approximate surface area is 104 Å². The molecule has 100 valence electrons. The van der Waals surface area contributed by atoms with Gasteiger partial charge in [0, 0.05) is 19.4 Å². The van der Waals surface area contributed by atoms with Crippen LogP contribution in [0.15, 0.2) is 11.1 Å². The fraction of sp³-hybridized carbons (Fsp3) is 0.556. The maximum absolute atomic E-state index is 11.2. The van der Waals surface area contributed by atoms with Gasteiger partial charge in [0.2, 0.25) is 21.8 Å². The van der Waals surface area contributed by atoms with Gasteiger partial charge in [0.05, 0.1) is 19.3 Å². The maximum Gasteiger partial charge on any atom is 0.245 e. The molecule has 2 heterocycles. The monoisotopic (exact) mass is 274 g/mol. The van der Waals surface area contributed by atoms with E-state index in [0.29, 0.717) is 19.7 Å². The highest BCUT2D eigenvalue weighted by Gasteiger charge is 2.27. The highest BCUT2D eigenvalue weighted by Crippen LogP contribution is 2.27. The van der Waals surface area contributed by atoms with Gasteiger partial charge in [-0.1, -0.05) is 0 Å². The molecule has 0 saturated carbocycles. The third-order valence-electron chi connectivity index (χ3n) is 2.59. The Bertz CT molecular complexity index is 565. The van der Waals surface area contributed by atoms with Gasteiger partial charge in [0.25, 0.3) is 0 Å². The lowest BCUT2D eigenvalue weighted by molar-refractivity contribution is -0.119. The molecule has 0 radical (unpaired) electrons. The van der Waals surface area contributed by atoms with Crippen LogP contribution < -0.4 is 15.2 Å². The van der Waals surface area contributed by atoms with E-state index in [0.717, 1.165) is 0 Å². The van der Waals surface area contributed by atoms with Crippen LogP contribution in [0.25, 0.3) is 0 Å². The van der Waals surface area contributed by atoms with E-state index in [2.05, 4.69) is 10.4 Å². The summed E-state index contributed by atoms with van der Waals surface area (Å²) in [6, 6.07) is 0. The molecule has 0 bridgehead atoms. The second-order valence-electron chi connectivity index (χ2n) is 4.16. The Morgan fingerprint density at radius 2 is 2.44 bits per heavy atom. The minimum Gasteiger partial charge on any atom is -0.476 e. The van der Waals surface area contributed by atoms with Crippen molar-refractivity contribution in [3.05, 3.63) is 6.20 Å². The molecule has 1 atom stereocenters. The molecule has 18 heavy (non-hydrogen) atoms. The van der Waals surface area contributed by atoms with Gasteiger partial charge in [-0.2, -0.15) is 5.10 Å². The third-order valence-corrected chi connectivity index (χ3v) is 3.49. The molecule has 1 unspecified atom stereocenters. The smallest absolute Gasteiger partial charge is 0.245 e. The molecule has 3 N–H and O–H groups in total. The second kappa shape index (κ2) is 4.58. The van der Waals surface area contributed by atoms with Crippen molar-refractivity contribution in [2.45, 2.75) is 18.4 Å². The summed E-state index contributed by atoms with van der Waals surface area (Å²) in [7, 11) is -3.82. The van der Waals surface area contributed by atoms with Crippen LogP contribution in [0.3, 0.4) is 0 Å². The summed E-state index contributed by atoms with van der Waals surface area (Å²) in [6.45, 7) is 2.68. The van der Waals surface area contributed by atoms with Crippen molar-refractivity contribution < 1.29 is 17.9 Å². The van der Waals surface area contributed by atoms with E-state index in [1.54, 1.807) is 0 Å². The zero-order chi connectivity index (χ0) is 13.3. The Morgan fingerprint density at radius 1 is 1.72 bits per heavy atom. The summed E-state index contributed by atoms with van der Waals surface area (Å²) >= 11 is 0.